The summed E-state index contributed by atoms with van der Waals surface area (Å²) in [4.78, 5) is 20.8. The highest BCUT2D eigenvalue weighted by molar-refractivity contribution is 6.58. The lowest BCUT2D eigenvalue weighted by atomic mass is 9.94. The Balaban J connectivity index is 0.000000212. The highest BCUT2D eigenvalue weighted by Gasteiger charge is 2.37. The highest BCUT2D eigenvalue weighted by atomic mass is 35.5. The number of hydrogen-bond donors (Lipinski definition) is 3. The summed E-state index contributed by atoms with van der Waals surface area (Å²) in [6.07, 6.45) is 1.94. The molecular weight excluding hydrogens is 379 g/mol. The van der Waals surface area contributed by atoms with E-state index in [1.54, 1.807) is 12.1 Å². The van der Waals surface area contributed by atoms with E-state index >= 15 is 0 Å². The molecule has 9 heteroatoms. The second-order valence-electron chi connectivity index (χ2n) is 5.08. The summed E-state index contributed by atoms with van der Waals surface area (Å²) in [5.74, 6) is -5.29. The second-order valence-corrected chi connectivity index (χ2v) is 5.84. The van der Waals surface area contributed by atoms with Crippen molar-refractivity contribution < 1.29 is 28.6 Å². The van der Waals surface area contributed by atoms with Crippen LogP contribution in [-0.2, 0) is 9.59 Å². The van der Waals surface area contributed by atoms with E-state index in [4.69, 9.17) is 33.4 Å². The second kappa shape index (κ2) is 7.25. The number of allylic oxidation sites excluding steroid dienone is 4. The lowest BCUT2D eigenvalue weighted by Crippen LogP contribution is -2.21. The van der Waals surface area contributed by atoms with Gasteiger partial charge in [0.15, 0.2) is 5.76 Å². The number of hydrogen-bond acceptors (Lipinski definition) is 4. The van der Waals surface area contributed by atoms with Gasteiger partial charge in [-0.05, 0) is 29.3 Å². The molecule has 0 spiro atoms. The summed E-state index contributed by atoms with van der Waals surface area (Å²) in [7, 11) is 0. The zero-order valence-corrected chi connectivity index (χ0v) is 13.9. The van der Waals surface area contributed by atoms with Crippen molar-refractivity contribution in [3.8, 4) is 5.75 Å². The number of phenols is 1. The predicted molar refractivity (Wildman–Crippen MR) is 88.2 cm³/mol. The molecule has 0 radical (unpaired) electrons. The van der Waals surface area contributed by atoms with Crippen LogP contribution in [-0.4, -0.2) is 27.9 Å². The van der Waals surface area contributed by atoms with Gasteiger partial charge in [0.2, 0.25) is 0 Å². The minimum Gasteiger partial charge on any atom is -0.508 e. The van der Waals surface area contributed by atoms with Crippen LogP contribution >= 0.6 is 23.2 Å². The third kappa shape index (κ3) is 4.37. The van der Waals surface area contributed by atoms with Gasteiger partial charge in [-0.2, -0.15) is 8.78 Å². The van der Waals surface area contributed by atoms with Crippen molar-refractivity contribution in [2.24, 2.45) is 0 Å². The fourth-order valence-electron chi connectivity index (χ4n) is 1.98. The molecule has 3 N–H and O–H groups in total. The Morgan fingerprint density at radius 2 is 1.48 bits per heavy atom. The predicted octanol–water partition coefficient (Wildman–Crippen LogP) is 3.59. The van der Waals surface area contributed by atoms with Crippen molar-refractivity contribution in [1.29, 1.82) is 0 Å². The molecule has 0 unspecified atom stereocenters. The fourth-order valence-corrected chi connectivity index (χ4v) is 2.24. The summed E-state index contributed by atoms with van der Waals surface area (Å²) in [6, 6.07) is 6.00. The van der Waals surface area contributed by atoms with Crippen LogP contribution in [0.1, 0.15) is 12.0 Å². The molecular formula is C16H11Cl2F2NO4. The summed E-state index contributed by atoms with van der Waals surface area (Å²) in [6.45, 7) is 0. The van der Waals surface area contributed by atoms with Crippen LogP contribution in [0.3, 0.4) is 0 Å². The van der Waals surface area contributed by atoms with Gasteiger partial charge >= 0.3 is 5.92 Å². The molecule has 2 aliphatic rings. The first-order chi connectivity index (χ1) is 11.6. The van der Waals surface area contributed by atoms with Gasteiger partial charge in [-0.15, -0.1) is 0 Å². The zero-order valence-electron chi connectivity index (χ0n) is 12.4. The van der Waals surface area contributed by atoms with Gasteiger partial charge in [-0.25, -0.2) is 0 Å². The van der Waals surface area contributed by atoms with E-state index in [9.17, 15) is 18.4 Å². The first-order valence-corrected chi connectivity index (χ1v) is 7.56. The summed E-state index contributed by atoms with van der Waals surface area (Å²) < 4.78 is 26.4. The number of carbonyl (C=O) groups excluding carboxylic acids is 2. The number of aliphatic hydroxyl groups excluding tert-OH is 1. The number of aliphatic hydroxyl groups is 1. The molecule has 2 amide bonds. The van der Waals surface area contributed by atoms with E-state index in [0.717, 1.165) is 6.08 Å². The summed E-state index contributed by atoms with van der Waals surface area (Å²) in [5, 5.41) is 19.5. The maximum atomic E-state index is 13.2. The largest absolute Gasteiger partial charge is 0.508 e. The van der Waals surface area contributed by atoms with E-state index in [0.29, 0.717) is 11.1 Å². The number of phenolic OH excluding ortho intramolecular Hbond substituents is 1. The summed E-state index contributed by atoms with van der Waals surface area (Å²) >= 11 is 10.4. The molecule has 1 aromatic carbocycles. The molecule has 1 aromatic rings. The average molecular weight is 390 g/mol. The van der Waals surface area contributed by atoms with Gasteiger partial charge in [-0.3, -0.25) is 14.9 Å². The van der Waals surface area contributed by atoms with Crippen LogP contribution in [0, 0.1) is 0 Å². The molecule has 132 valence electrons. The number of nitrogens with one attached hydrogen (secondary N) is 1. The minimum atomic E-state index is -3.21. The Kier molecular flexibility index (Phi) is 5.49. The van der Waals surface area contributed by atoms with E-state index in [1.807, 2.05) is 5.32 Å². The Labute approximate surface area is 150 Å². The Morgan fingerprint density at radius 1 is 0.960 bits per heavy atom. The van der Waals surface area contributed by atoms with Gasteiger partial charge in [0, 0.05) is 6.42 Å². The Morgan fingerprint density at radius 3 is 1.88 bits per heavy atom. The van der Waals surface area contributed by atoms with Crippen LogP contribution in [0.4, 0.5) is 8.78 Å². The van der Waals surface area contributed by atoms with Crippen LogP contribution in [0.5, 0.6) is 5.75 Å². The minimum absolute atomic E-state index is 0.0882. The number of aromatic hydroxyl groups is 1. The molecule has 25 heavy (non-hydrogen) atoms. The van der Waals surface area contributed by atoms with Crippen molar-refractivity contribution in [2.45, 2.75) is 12.3 Å². The number of carbonyl (C=O) groups is 2. The molecule has 1 aliphatic heterocycles. The lowest BCUT2D eigenvalue weighted by Gasteiger charge is -2.21. The normalized spacial score (nSPS) is 18.9. The number of amides is 2. The van der Waals surface area contributed by atoms with Crippen LogP contribution in [0.2, 0.25) is 0 Å². The van der Waals surface area contributed by atoms with E-state index in [-0.39, 0.29) is 15.8 Å². The SMILES string of the molecule is O=C1NC(=O)C(Cl)=C1Cl.OC1=CC=C(c2ccc(O)cc2)CC1(F)F. The third-order valence-corrected chi connectivity index (χ3v) is 4.10. The topological polar surface area (TPSA) is 86.6 Å². The average Bonchev–Trinajstić information content (AvgIpc) is 2.77. The number of benzene rings is 1. The Bertz CT molecular complexity index is 792. The fraction of sp³-hybridized carbons (Fsp3) is 0.125. The van der Waals surface area contributed by atoms with Crippen LogP contribution in [0.15, 0.2) is 52.2 Å². The van der Waals surface area contributed by atoms with Gasteiger partial charge in [0.25, 0.3) is 11.8 Å². The van der Waals surface area contributed by atoms with Gasteiger partial charge in [0.05, 0.1) is 0 Å². The van der Waals surface area contributed by atoms with E-state index in [1.165, 1.54) is 18.2 Å². The molecule has 0 bridgehead atoms. The van der Waals surface area contributed by atoms with Gasteiger partial charge in [-0.1, -0.05) is 41.4 Å². The van der Waals surface area contributed by atoms with Crippen molar-refractivity contribution in [1.82, 2.24) is 5.32 Å². The maximum Gasteiger partial charge on any atom is 0.307 e. The third-order valence-electron chi connectivity index (χ3n) is 3.29. The number of halogens is 4. The van der Waals surface area contributed by atoms with Crippen LogP contribution < -0.4 is 5.32 Å². The van der Waals surface area contributed by atoms with Crippen LogP contribution in [0.25, 0.3) is 5.57 Å². The first kappa shape index (κ1) is 19.0. The standard InChI is InChI=1S/C12H10F2O2.C4HCl2NO2/c13-12(14)7-9(3-6-11(12)16)8-1-4-10(15)5-2-8;5-1-2(6)4(9)7-3(1)8/h1-6,15-16H,7H2;(H,7,8,9). The molecule has 0 fully saturated rings. The monoisotopic (exact) mass is 389 g/mol. The highest BCUT2D eigenvalue weighted by Crippen LogP contribution is 2.37. The first-order valence-electron chi connectivity index (χ1n) is 6.80. The maximum absolute atomic E-state index is 13.2. The lowest BCUT2D eigenvalue weighted by molar-refractivity contribution is -0.123. The molecule has 5 nitrogen and oxygen atoms in total. The van der Waals surface area contributed by atoms with Crippen molar-refractivity contribution in [3.63, 3.8) is 0 Å². The summed E-state index contributed by atoms with van der Waals surface area (Å²) in [5.41, 5.74) is 1.05. The molecule has 0 atom stereocenters. The van der Waals surface area contributed by atoms with Gasteiger partial charge < -0.3 is 10.2 Å². The van der Waals surface area contributed by atoms with E-state index in [2.05, 4.69) is 0 Å². The Hall–Kier alpha value is -2.38. The van der Waals surface area contributed by atoms with E-state index < -0.39 is 29.9 Å². The quantitative estimate of drug-likeness (QED) is 0.640. The van der Waals surface area contributed by atoms with Crippen molar-refractivity contribution in [3.05, 3.63) is 57.8 Å². The van der Waals surface area contributed by atoms with Gasteiger partial charge in [0.1, 0.15) is 15.8 Å². The number of imide groups is 1. The smallest absolute Gasteiger partial charge is 0.307 e. The molecule has 3 rings (SSSR count). The molecule has 1 aliphatic carbocycles. The molecule has 0 saturated heterocycles. The zero-order chi connectivity index (χ0) is 18.8. The number of rotatable bonds is 1. The molecule has 1 heterocycles. The van der Waals surface area contributed by atoms with Crippen molar-refractivity contribution in [2.75, 3.05) is 0 Å². The number of alkyl halides is 2. The molecule has 0 aromatic heterocycles. The molecule has 0 saturated carbocycles. The van der Waals surface area contributed by atoms with Crippen molar-refractivity contribution >= 4 is 40.6 Å².